The van der Waals surface area contributed by atoms with E-state index in [0.29, 0.717) is 17.1 Å². The average Bonchev–Trinajstić information content (AvgIpc) is 2.46. The fourth-order valence-corrected chi connectivity index (χ4v) is 1.67. The van der Waals surface area contributed by atoms with Crippen LogP contribution in [0.2, 0.25) is 0 Å². The molecule has 90 valence electrons. The molecular weight excluding hydrogens is 228 g/mol. The lowest BCUT2D eigenvalue weighted by molar-refractivity contribution is 0.355. The minimum Gasteiger partial charge on any atom is -0.493 e. The summed E-state index contributed by atoms with van der Waals surface area (Å²) in [5.41, 5.74) is 2.33. The molecule has 0 amide bonds. The van der Waals surface area contributed by atoms with Crippen molar-refractivity contribution in [2.24, 2.45) is 0 Å². The highest BCUT2D eigenvalue weighted by molar-refractivity contribution is 5.67. The van der Waals surface area contributed by atoms with Crippen LogP contribution in [0.15, 0.2) is 36.7 Å². The van der Waals surface area contributed by atoms with Gasteiger partial charge in [-0.05, 0) is 23.8 Å². The molecule has 0 aliphatic rings. The van der Waals surface area contributed by atoms with Gasteiger partial charge < -0.3 is 9.47 Å². The first-order valence-corrected chi connectivity index (χ1v) is 5.36. The molecule has 0 bridgehead atoms. The minimum atomic E-state index is 0.530. The summed E-state index contributed by atoms with van der Waals surface area (Å²) < 4.78 is 10.4. The van der Waals surface area contributed by atoms with Gasteiger partial charge >= 0.3 is 0 Å². The molecule has 4 heteroatoms. The Morgan fingerprint density at radius 2 is 1.78 bits per heavy atom. The van der Waals surface area contributed by atoms with Crippen molar-refractivity contribution in [3.05, 3.63) is 42.2 Å². The van der Waals surface area contributed by atoms with E-state index in [4.69, 9.17) is 14.7 Å². The first-order valence-electron chi connectivity index (χ1n) is 5.36. The molecular formula is C14H12N2O2. The molecule has 0 fully saturated rings. The Morgan fingerprint density at radius 3 is 2.44 bits per heavy atom. The molecule has 0 aliphatic heterocycles. The van der Waals surface area contributed by atoms with Crippen LogP contribution in [-0.2, 0) is 0 Å². The number of benzene rings is 1. The molecule has 1 aromatic heterocycles. The molecule has 4 nitrogen and oxygen atoms in total. The van der Waals surface area contributed by atoms with Gasteiger partial charge in [-0.2, -0.15) is 5.26 Å². The van der Waals surface area contributed by atoms with E-state index in [1.165, 1.54) is 6.20 Å². The Labute approximate surface area is 105 Å². The zero-order chi connectivity index (χ0) is 13.0. The molecule has 0 spiro atoms. The predicted octanol–water partition coefficient (Wildman–Crippen LogP) is 2.64. The summed E-state index contributed by atoms with van der Waals surface area (Å²) in [5.74, 6) is 1.32. The van der Waals surface area contributed by atoms with Crippen LogP contribution in [0.4, 0.5) is 0 Å². The monoisotopic (exact) mass is 240 g/mol. The summed E-state index contributed by atoms with van der Waals surface area (Å²) in [6, 6.07) is 9.44. The van der Waals surface area contributed by atoms with E-state index in [1.54, 1.807) is 26.5 Å². The first-order chi connectivity index (χ1) is 8.78. The molecule has 2 rings (SSSR count). The highest BCUT2D eigenvalue weighted by Crippen LogP contribution is 2.32. The SMILES string of the molecule is COc1ccc(-c2cncc(C#N)c2)cc1OC. The Kier molecular flexibility index (Phi) is 3.44. The molecule has 0 atom stereocenters. The topological polar surface area (TPSA) is 55.1 Å². The Bertz CT molecular complexity index is 603. The number of nitriles is 1. The van der Waals surface area contributed by atoms with Gasteiger partial charge in [-0.1, -0.05) is 6.07 Å². The number of ether oxygens (including phenoxy) is 2. The Morgan fingerprint density at radius 1 is 1.00 bits per heavy atom. The molecule has 1 aromatic carbocycles. The van der Waals surface area contributed by atoms with Crippen molar-refractivity contribution < 1.29 is 9.47 Å². The van der Waals surface area contributed by atoms with E-state index in [-0.39, 0.29) is 0 Å². The smallest absolute Gasteiger partial charge is 0.161 e. The summed E-state index contributed by atoms with van der Waals surface area (Å²) in [7, 11) is 3.18. The summed E-state index contributed by atoms with van der Waals surface area (Å²) in [4.78, 5) is 4.04. The van der Waals surface area contributed by atoms with Crippen LogP contribution in [0.3, 0.4) is 0 Å². The van der Waals surface area contributed by atoms with Crippen LogP contribution in [0.25, 0.3) is 11.1 Å². The largest absolute Gasteiger partial charge is 0.493 e. The van der Waals surface area contributed by atoms with Crippen molar-refractivity contribution in [3.8, 4) is 28.7 Å². The highest BCUT2D eigenvalue weighted by Gasteiger charge is 2.06. The number of pyridine rings is 1. The maximum Gasteiger partial charge on any atom is 0.161 e. The number of nitrogens with zero attached hydrogens (tertiary/aromatic N) is 2. The fourth-order valence-electron chi connectivity index (χ4n) is 1.67. The van der Waals surface area contributed by atoms with E-state index in [9.17, 15) is 0 Å². The van der Waals surface area contributed by atoms with Gasteiger partial charge in [0.1, 0.15) is 6.07 Å². The quantitative estimate of drug-likeness (QED) is 0.827. The fraction of sp³-hybridized carbons (Fsp3) is 0.143. The van der Waals surface area contributed by atoms with E-state index in [2.05, 4.69) is 11.1 Å². The Hall–Kier alpha value is -2.54. The molecule has 0 aliphatic carbocycles. The van der Waals surface area contributed by atoms with Crippen LogP contribution in [0.5, 0.6) is 11.5 Å². The lowest BCUT2D eigenvalue weighted by Gasteiger charge is -2.09. The van der Waals surface area contributed by atoms with Gasteiger partial charge in [0.2, 0.25) is 0 Å². The summed E-state index contributed by atoms with van der Waals surface area (Å²) in [6.45, 7) is 0. The highest BCUT2D eigenvalue weighted by atomic mass is 16.5. The lowest BCUT2D eigenvalue weighted by Crippen LogP contribution is -1.91. The van der Waals surface area contributed by atoms with Crippen LogP contribution in [0.1, 0.15) is 5.56 Å². The number of aromatic nitrogens is 1. The molecule has 1 heterocycles. The molecule has 18 heavy (non-hydrogen) atoms. The average molecular weight is 240 g/mol. The van der Waals surface area contributed by atoms with Gasteiger partial charge in [0.15, 0.2) is 11.5 Å². The number of hydrogen-bond acceptors (Lipinski definition) is 4. The number of hydrogen-bond donors (Lipinski definition) is 0. The second-order valence-electron chi connectivity index (χ2n) is 3.64. The molecule has 0 saturated heterocycles. The van der Waals surface area contributed by atoms with Crippen molar-refractivity contribution in [3.63, 3.8) is 0 Å². The minimum absolute atomic E-state index is 0.530. The summed E-state index contributed by atoms with van der Waals surface area (Å²) in [5, 5.41) is 8.86. The molecule has 0 saturated carbocycles. The number of methoxy groups -OCH3 is 2. The predicted molar refractivity (Wildman–Crippen MR) is 67.5 cm³/mol. The maximum atomic E-state index is 8.86. The standard InChI is InChI=1S/C14H12N2O2/c1-17-13-4-3-11(6-14(13)18-2)12-5-10(7-15)8-16-9-12/h3-6,8-9H,1-2H3. The van der Waals surface area contributed by atoms with Crippen molar-refractivity contribution in [2.45, 2.75) is 0 Å². The van der Waals surface area contributed by atoms with Gasteiger partial charge in [-0.25, -0.2) is 0 Å². The van der Waals surface area contributed by atoms with Crippen LogP contribution in [-0.4, -0.2) is 19.2 Å². The van der Waals surface area contributed by atoms with E-state index >= 15 is 0 Å². The Balaban J connectivity index is 2.48. The third-order valence-corrected chi connectivity index (χ3v) is 2.58. The molecule has 0 N–H and O–H groups in total. The first kappa shape index (κ1) is 11.9. The van der Waals surface area contributed by atoms with Crippen molar-refractivity contribution >= 4 is 0 Å². The van der Waals surface area contributed by atoms with Crippen molar-refractivity contribution in [2.75, 3.05) is 14.2 Å². The normalized spacial score (nSPS) is 9.61. The van der Waals surface area contributed by atoms with Gasteiger partial charge in [0, 0.05) is 18.0 Å². The summed E-state index contributed by atoms with van der Waals surface area (Å²) >= 11 is 0. The summed E-state index contributed by atoms with van der Waals surface area (Å²) in [6.07, 6.45) is 3.24. The van der Waals surface area contributed by atoms with Gasteiger partial charge in [0.25, 0.3) is 0 Å². The zero-order valence-corrected chi connectivity index (χ0v) is 10.2. The van der Waals surface area contributed by atoms with E-state index in [1.807, 2.05) is 18.2 Å². The lowest BCUT2D eigenvalue weighted by atomic mass is 10.1. The van der Waals surface area contributed by atoms with Crippen LogP contribution >= 0.6 is 0 Å². The van der Waals surface area contributed by atoms with Crippen molar-refractivity contribution in [1.82, 2.24) is 4.98 Å². The van der Waals surface area contributed by atoms with Gasteiger partial charge in [0.05, 0.1) is 19.8 Å². The second kappa shape index (κ2) is 5.19. The van der Waals surface area contributed by atoms with Crippen molar-refractivity contribution in [1.29, 1.82) is 5.26 Å². The van der Waals surface area contributed by atoms with Crippen LogP contribution in [0, 0.1) is 11.3 Å². The second-order valence-corrected chi connectivity index (χ2v) is 3.64. The third-order valence-electron chi connectivity index (χ3n) is 2.58. The molecule has 0 unspecified atom stereocenters. The third kappa shape index (κ3) is 2.25. The van der Waals surface area contributed by atoms with E-state index in [0.717, 1.165) is 11.1 Å². The number of rotatable bonds is 3. The van der Waals surface area contributed by atoms with E-state index < -0.39 is 0 Å². The maximum absolute atomic E-state index is 8.86. The van der Waals surface area contributed by atoms with Gasteiger partial charge in [-0.15, -0.1) is 0 Å². The van der Waals surface area contributed by atoms with Gasteiger partial charge in [-0.3, -0.25) is 4.98 Å². The zero-order valence-electron chi connectivity index (χ0n) is 10.2. The molecule has 2 aromatic rings. The van der Waals surface area contributed by atoms with Crippen LogP contribution < -0.4 is 9.47 Å². The molecule has 0 radical (unpaired) electrons.